The fourth-order valence-corrected chi connectivity index (χ4v) is 3.97. The van der Waals surface area contributed by atoms with E-state index in [0.717, 1.165) is 0 Å². The SMILES string of the molecule is CCCCCN1[SiH2]N(CCCC)C1Cl. The average Bonchev–Trinajstić information content (AvgIpc) is 2.20. The topological polar surface area (TPSA) is 6.48 Å². The number of hydrogen-bond acceptors (Lipinski definition) is 2. The lowest BCUT2D eigenvalue weighted by Gasteiger charge is -2.47. The molecule has 1 rings (SSSR count). The highest BCUT2D eigenvalue weighted by atomic mass is 35.5. The van der Waals surface area contributed by atoms with E-state index in [2.05, 4.69) is 23.0 Å². The zero-order valence-corrected chi connectivity index (χ0v) is 11.7. The smallest absolute Gasteiger partial charge is 0.177 e. The summed E-state index contributed by atoms with van der Waals surface area (Å²) in [4.78, 5) is 0. The Hall–Kier alpha value is 0.427. The number of hydrogen-bond donors (Lipinski definition) is 0. The van der Waals surface area contributed by atoms with Gasteiger partial charge in [0.15, 0.2) is 9.84 Å². The van der Waals surface area contributed by atoms with Gasteiger partial charge in [0.2, 0.25) is 0 Å². The minimum Gasteiger partial charge on any atom is -0.289 e. The normalized spacial score (nSPS) is 25.5. The molecule has 0 aromatic carbocycles. The lowest BCUT2D eigenvalue weighted by molar-refractivity contribution is 0.159. The van der Waals surface area contributed by atoms with Crippen molar-refractivity contribution in [3.63, 3.8) is 0 Å². The maximum Gasteiger partial charge on any atom is 0.177 e. The second kappa shape index (κ2) is 6.83. The molecule has 1 fully saturated rings. The minimum absolute atomic E-state index is 0.128. The van der Waals surface area contributed by atoms with Crippen LogP contribution in [0.25, 0.3) is 0 Å². The lowest BCUT2D eigenvalue weighted by atomic mass is 10.2. The Labute approximate surface area is 95.6 Å². The van der Waals surface area contributed by atoms with Crippen LogP contribution < -0.4 is 0 Å². The number of halogens is 1. The molecule has 0 aliphatic carbocycles. The van der Waals surface area contributed by atoms with Gasteiger partial charge in [-0.05, 0) is 25.9 Å². The highest BCUT2D eigenvalue weighted by Crippen LogP contribution is 2.21. The van der Waals surface area contributed by atoms with Gasteiger partial charge in [-0.15, -0.1) is 0 Å². The number of unbranched alkanes of at least 4 members (excludes halogenated alkanes) is 3. The van der Waals surface area contributed by atoms with Gasteiger partial charge < -0.3 is 0 Å². The maximum atomic E-state index is 6.28. The van der Waals surface area contributed by atoms with Crippen LogP contribution in [-0.2, 0) is 0 Å². The fourth-order valence-electron chi connectivity index (χ4n) is 1.78. The van der Waals surface area contributed by atoms with E-state index in [1.165, 1.54) is 45.2 Å². The van der Waals surface area contributed by atoms with Gasteiger partial charge >= 0.3 is 0 Å². The summed E-state index contributed by atoms with van der Waals surface area (Å²) in [6.45, 7) is 6.95. The van der Waals surface area contributed by atoms with Gasteiger partial charge in [0.1, 0.15) is 5.62 Å². The average molecular weight is 235 g/mol. The molecule has 1 heterocycles. The highest BCUT2D eigenvalue weighted by Gasteiger charge is 2.33. The Morgan fingerprint density at radius 2 is 1.57 bits per heavy atom. The molecule has 0 aromatic rings. The van der Waals surface area contributed by atoms with Gasteiger partial charge in [-0.25, -0.2) is 0 Å². The van der Waals surface area contributed by atoms with E-state index in [0.29, 0.717) is 0 Å². The van der Waals surface area contributed by atoms with Crippen molar-refractivity contribution in [3.8, 4) is 0 Å². The largest absolute Gasteiger partial charge is 0.289 e. The molecule has 0 saturated carbocycles. The zero-order valence-electron chi connectivity index (χ0n) is 9.51. The van der Waals surface area contributed by atoms with Crippen molar-refractivity contribution in [1.29, 1.82) is 0 Å². The summed E-state index contributed by atoms with van der Waals surface area (Å²) >= 11 is 6.28. The summed E-state index contributed by atoms with van der Waals surface area (Å²) in [7, 11) is -0.128. The predicted molar refractivity (Wildman–Crippen MR) is 66.0 cm³/mol. The van der Waals surface area contributed by atoms with Crippen molar-refractivity contribution in [2.45, 2.75) is 51.6 Å². The summed E-state index contributed by atoms with van der Waals surface area (Å²) in [5.74, 6) is 0. The zero-order chi connectivity index (χ0) is 10.4. The monoisotopic (exact) mass is 234 g/mol. The van der Waals surface area contributed by atoms with Crippen molar-refractivity contribution >= 4 is 21.4 Å². The standard InChI is InChI=1S/C10H23ClN2Si/c1-3-5-7-9-13-10(11)12(14-13)8-6-4-2/h10H,3-9,14H2,1-2H3. The molecule has 1 saturated heterocycles. The number of nitrogens with zero attached hydrogens (tertiary/aromatic N) is 2. The van der Waals surface area contributed by atoms with E-state index < -0.39 is 0 Å². The summed E-state index contributed by atoms with van der Waals surface area (Å²) in [5, 5.41) is 0. The van der Waals surface area contributed by atoms with E-state index in [1.807, 2.05) is 0 Å². The summed E-state index contributed by atoms with van der Waals surface area (Å²) in [6.07, 6.45) is 6.57. The van der Waals surface area contributed by atoms with Crippen LogP contribution in [-0.4, -0.2) is 37.7 Å². The van der Waals surface area contributed by atoms with Crippen molar-refractivity contribution in [2.24, 2.45) is 0 Å². The third kappa shape index (κ3) is 3.53. The van der Waals surface area contributed by atoms with Gasteiger partial charge in [-0.3, -0.25) is 9.13 Å². The summed E-state index contributed by atoms with van der Waals surface area (Å²) < 4.78 is 4.98. The first kappa shape index (κ1) is 12.5. The van der Waals surface area contributed by atoms with Crippen LogP contribution >= 0.6 is 11.6 Å². The van der Waals surface area contributed by atoms with Crippen molar-refractivity contribution in [3.05, 3.63) is 0 Å². The summed E-state index contributed by atoms with van der Waals surface area (Å²) in [6, 6.07) is 0. The van der Waals surface area contributed by atoms with Crippen LogP contribution in [0.1, 0.15) is 46.0 Å². The molecular weight excluding hydrogens is 212 g/mol. The van der Waals surface area contributed by atoms with E-state index in [1.54, 1.807) is 0 Å². The van der Waals surface area contributed by atoms with E-state index in [4.69, 9.17) is 11.6 Å². The van der Waals surface area contributed by atoms with Gasteiger partial charge in [0.05, 0.1) is 0 Å². The van der Waals surface area contributed by atoms with Crippen molar-refractivity contribution < 1.29 is 0 Å². The molecule has 0 aromatic heterocycles. The van der Waals surface area contributed by atoms with Crippen LogP contribution in [0.2, 0.25) is 0 Å². The first-order valence-corrected chi connectivity index (χ1v) is 7.62. The van der Waals surface area contributed by atoms with E-state index in [-0.39, 0.29) is 15.5 Å². The molecule has 0 bridgehead atoms. The minimum atomic E-state index is -0.128. The Balaban J connectivity index is 2.04. The van der Waals surface area contributed by atoms with Crippen LogP contribution in [0.15, 0.2) is 0 Å². The second-order valence-corrected chi connectivity index (χ2v) is 6.44. The van der Waals surface area contributed by atoms with Crippen LogP contribution in [0, 0.1) is 0 Å². The predicted octanol–water partition coefficient (Wildman–Crippen LogP) is 2.12. The Bertz CT molecular complexity index is 157. The van der Waals surface area contributed by atoms with Crippen molar-refractivity contribution in [2.75, 3.05) is 13.1 Å². The lowest BCUT2D eigenvalue weighted by Crippen LogP contribution is -2.64. The first-order chi connectivity index (χ1) is 6.79. The van der Waals surface area contributed by atoms with Gasteiger partial charge in [0.25, 0.3) is 0 Å². The molecular formula is C10H23ClN2Si. The molecule has 2 nitrogen and oxygen atoms in total. The Morgan fingerprint density at radius 3 is 2.07 bits per heavy atom. The Morgan fingerprint density at radius 1 is 1.00 bits per heavy atom. The maximum absolute atomic E-state index is 6.28. The van der Waals surface area contributed by atoms with E-state index in [9.17, 15) is 0 Å². The molecule has 14 heavy (non-hydrogen) atoms. The molecule has 84 valence electrons. The third-order valence-corrected chi connectivity index (χ3v) is 5.88. The molecule has 4 heteroatoms. The third-order valence-electron chi connectivity index (χ3n) is 2.81. The molecule has 0 amide bonds. The molecule has 1 unspecified atom stereocenters. The molecule has 0 radical (unpaired) electrons. The second-order valence-electron chi connectivity index (χ2n) is 4.14. The number of rotatable bonds is 7. The van der Waals surface area contributed by atoms with Crippen LogP contribution in [0.3, 0.4) is 0 Å². The van der Waals surface area contributed by atoms with Gasteiger partial charge in [-0.1, -0.05) is 44.7 Å². The molecule has 1 aliphatic heterocycles. The fraction of sp³-hybridized carbons (Fsp3) is 1.00. The first-order valence-electron chi connectivity index (χ1n) is 5.91. The summed E-state index contributed by atoms with van der Waals surface area (Å²) in [5.41, 5.74) is 0.241. The van der Waals surface area contributed by atoms with E-state index >= 15 is 0 Å². The van der Waals surface area contributed by atoms with Crippen LogP contribution in [0.4, 0.5) is 0 Å². The highest BCUT2D eigenvalue weighted by molar-refractivity contribution is 6.39. The molecule has 1 atom stereocenters. The van der Waals surface area contributed by atoms with Gasteiger partial charge in [0, 0.05) is 0 Å². The molecule has 1 aliphatic rings. The van der Waals surface area contributed by atoms with Crippen molar-refractivity contribution in [1.82, 2.24) is 9.13 Å². The van der Waals surface area contributed by atoms with Crippen LogP contribution in [0.5, 0.6) is 0 Å². The Kier molecular flexibility index (Phi) is 6.09. The quantitative estimate of drug-likeness (QED) is 0.288. The number of alkyl halides is 1. The molecule has 0 N–H and O–H groups in total. The van der Waals surface area contributed by atoms with Gasteiger partial charge in [-0.2, -0.15) is 0 Å². The molecule has 0 spiro atoms.